The van der Waals surface area contributed by atoms with Crippen LogP contribution in [0.3, 0.4) is 0 Å². The van der Waals surface area contributed by atoms with Gasteiger partial charge in [-0.25, -0.2) is 15.0 Å². The van der Waals surface area contributed by atoms with Crippen molar-refractivity contribution in [2.75, 3.05) is 0 Å². The van der Waals surface area contributed by atoms with Crippen molar-refractivity contribution in [3.63, 3.8) is 0 Å². The molecule has 1 radical (unpaired) electrons. The van der Waals surface area contributed by atoms with E-state index in [0.29, 0.717) is 17.5 Å². The summed E-state index contributed by atoms with van der Waals surface area (Å²) in [5.41, 5.74) is 20.2. The van der Waals surface area contributed by atoms with E-state index in [2.05, 4.69) is 273 Å². The Hall–Kier alpha value is -9.51. The molecule has 5 heteroatoms. The second-order valence-corrected chi connectivity index (χ2v) is 19.0. The molecule has 0 aliphatic rings. The van der Waals surface area contributed by atoms with Gasteiger partial charge in [-0.05, 0) is 143 Å². The Morgan fingerprint density at radius 2 is 0.584 bits per heavy atom. The van der Waals surface area contributed by atoms with Gasteiger partial charge in [0.1, 0.15) is 0 Å². The molecule has 0 aliphatic carbocycles. The number of pyridine rings is 1. The third kappa shape index (κ3) is 10.3. The molecular weight excluding hydrogens is 1110 g/mol. The Bertz CT molecular complexity index is 3890. The van der Waals surface area contributed by atoms with Crippen LogP contribution in [0.25, 0.3) is 134 Å². The fraction of sp³-hybridized carbons (Fsp3) is 0. The molecule has 2 aromatic heterocycles. The Labute approximate surface area is 462 Å². The minimum atomic E-state index is 0. The Balaban J connectivity index is 0.00000596. The van der Waals surface area contributed by atoms with Crippen molar-refractivity contribution in [2.24, 2.45) is 0 Å². The Morgan fingerprint density at radius 1 is 0.247 bits per heavy atom. The fourth-order valence-corrected chi connectivity index (χ4v) is 10.1. The van der Waals surface area contributed by atoms with Crippen molar-refractivity contribution in [2.45, 2.75) is 0 Å². The molecule has 4 nitrogen and oxygen atoms in total. The normalized spacial score (nSPS) is 11.0. The second kappa shape index (κ2) is 21.8. The van der Waals surface area contributed by atoms with Gasteiger partial charge in [-0.15, -0.1) is 35.4 Å². The van der Waals surface area contributed by atoms with Crippen molar-refractivity contribution < 1.29 is 20.1 Å². The minimum absolute atomic E-state index is 0. The maximum atomic E-state index is 5.32. The smallest absolute Gasteiger partial charge is 0.164 e. The molecule has 0 atom stereocenters. The van der Waals surface area contributed by atoms with E-state index in [9.17, 15) is 0 Å². The van der Waals surface area contributed by atoms with E-state index in [-0.39, 0.29) is 20.1 Å². The summed E-state index contributed by atoms with van der Waals surface area (Å²) in [7, 11) is 0. The molecule has 13 aromatic rings. The summed E-state index contributed by atoms with van der Waals surface area (Å²) in [5.74, 6) is 1.75. The van der Waals surface area contributed by atoms with E-state index in [1.54, 1.807) is 0 Å². The first kappa shape index (κ1) is 48.4. The van der Waals surface area contributed by atoms with Gasteiger partial charge in [0.2, 0.25) is 0 Å². The molecule has 0 saturated heterocycles. The number of hydrogen-bond acceptors (Lipinski definition) is 4. The number of aromatic nitrogens is 4. The largest absolute Gasteiger partial charge is 0.304 e. The summed E-state index contributed by atoms with van der Waals surface area (Å²) in [6.07, 6.45) is 1.87. The quantitative estimate of drug-likeness (QED) is 0.121. The number of benzene rings is 11. The van der Waals surface area contributed by atoms with Crippen LogP contribution in [-0.2, 0) is 20.1 Å². The average Bonchev–Trinajstić information content (AvgIpc) is 3.53. The summed E-state index contributed by atoms with van der Waals surface area (Å²) in [6, 6.07) is 102. The van der Waals surface area contributed by atoms with Gasteiger partial charge in [-0.3, -0.25) is 0 Å². The minimum Gasteiger partial charge on any atom is -0.304 e. The van der Waals surface area contributed by atoms with E-state index in [1.807, 2.05) is 18.3 Å². The SMILES string of the molecule is [Ir].[c-]1ccc(-c2ccc(-c3nc(-c4cccc(-c5cc(-c6ccccc6)cc(-c6ccccc6)c5)c4)nc(-c4cccc(-c5cc(-c6ccccc6)cc(-c6ccccc6)c5)c4)n3)cc2)cc1-c1nccc2ccccc12. The molecule has 365 valence electrons. The molecule has 13 rings (SSSR count). The van der Waals surface area contributed by atoms with E-state index in [4.69, 9.17) is 19.9 Å². The van der Waals surface area contributed by atoms with Crippen LogP contribution >= 0.6 is 0 Å². The van der Waals surface area contributed by atoms with Crippen LogP contribution in [0.2, 0.25) is 0 Å². The molecule has 77 heavy (non-hydrogen) atoms. The van der Waals surface area contributed by atoms with Crippen LogP contribution in [-0.4, -0.2) is 19.9 Å². The van der Waals surface area contributed by atoms with Gasteiger partial charge >= 0.3 is 0 Å². The maximum absolute atomic E-state index is 5.32. The molecule has 0 aliphatic heterocycles. The summed E-state index contributed by atoms with van der Waals surface area (Å²) in [4.78, 5) is 20.7. The standard InChI is InChI=1S/C72H47N4.Ir/c1-5-18-49(19-6-1)62-43-63(50-20-7-2-8-21-50)46-66(45-62)57-28-16-31-60(41-57)71-74-70(55-36-34-53(35-37-55)56-27-15-30-59(40-56)69-68-33-14-13-26-54(68)38-39-73-69)75-72(76-71)61-32-17-29-58(42-61)67-47-64(51-22-9-3-10-23-51)44-65(48-67)52-24-11-4-12-25-52;/h1-29,31-48H;/q-1;. The van der Waals surface area contributed by atoms with E-state index >= 15 is 0 Å². The van der Waals surface area contributed by atoms with Crippen LogP contribution in [0, 0.1) is 6.07 Å². The van der Waals surface area contributed by atoms with Gasteiger partial charge in [0.15, 0.2) is 17.5 Å². The zero-order chi connectivity index (χ0) is 50.6. The van der Waals surface area contributed by atoms with Crippen molar-refractivity contribution >= 4 is 10.8 Å². The first-order valence-corrected chi connectivity index (χ1v) is 25.6. The molecule has 0 N–H and O–H groups in total. The van der Waals surface area contributed by atoms with Crippen molar-refractivity contribution in [1.82, 2.24) is 19.9 Å². The zero-order valence-electron chi connectivity index (χ0n) is 41.8. The van der Waals surface area contributed by atoms with Gasteiger partial charge in [-0.1, -0.05) is 206 Å². The zero-order valence-corrected chi connectivity index (χ0v) is 44.2. The van der Waals surface area contributed by atoms with E-state index < -0.39 is 0 Å². The van der Waals surface area contributed by atoms with Crippen LogP contribution in [0.5, 0.6) is 0 Å². The third-order valence-corrected chi connectivity index (χ3v) is 14.0. The molecule has 0 unspecified atom stereocenters. The summed E-state index contributed by atoms with van der Waals surface area (Å²) in [5, 5.41) is 2.25. The fourth-order valence-electron chi connectivity index (χ4n) is 10.1. The molecule has 0 saturated carbocycles. The number of fused-ring (bicyclic) bond motifs is 1. The monoisotopic (exact) mass is 1160 g/mol. The first-order valence-electron chi connectivity index (χ1n) is 25.6. The molecule has 0 spiro atoms. The number of rotatable bonds is 11. The van der Waals surface area contributed by atoms with Crippen molar-refractivity contribution in [3.8, 4) is 123 Å². The molecule has 0 bridgehead atoms. The van der Waals surface area contributed by atoms with Gasteiger partial charge in [0.05, 0.1) is 0 Å². The van der Waals surface area contributed by atoms with Crippen molar-refractivity contribution in [3.05, 3.63) is 291 Å². The van der Waals surface area contributed by atoms with Crippen LogP contribution in [0.15, 0.2) is 285 Å². The van der Waals surface area contributed by atoms with E-state index in [0.717, 1.165) is 117 Å². The molecule has 11 aromatic carbocycles. The molecule has 0 fully saturated rings. The van der Waals surface area contributed by atoms with Gasteiger partial charge in [0.25, 0.3) is 0 Å². The molecule has 0 amide bonds. The average molecular weight is 1160 g/mol. The summed E-state index contributed by atoms with van der Waals surface area (Å²) in [6.45, 7) is 0. The summed E-state index contributed by atoms with van der Waals surface area (Å²) < 4.78 is 0. The predicted molar refractivity (Wildman–Crippen MR) is 314 cm³/mol. The Kier molecular flexibility index (Phi) is 13.7. The van der Waals surface area contributed by atoms with E-state index in [1.165, 1.54) is 0 Å². The van der Waals surface area contributed by atoms with Gasteiger partial charge in [-0.2, -0.15) is 0 Å². The molecule has 2 heterocycles. The van der Waals surface area contributed by atoms with Gasteiger partial charge < -0.3 is 4.98 Å². The second-order valence-electron chi connectivity index (χ2n) is 19.0. The number of hydrogen-bond donors (Lipinski definition) is 0. The summed E-state index contributed by atoms with van der Waals surface area (Å²) >= 11 is 0. The number of nitrogens with zero attached hydrogens (tertiary/aromatic N) is 4. The molecular formula is C72H47IrN4-. The first-order chi connectivity index (χ1) is 37.6. The van der Waals surface area contributed by atoms with Crippen LogP contribution in [0.1, 0.15) is 0 Å². The van der Waals surface area contributed by atoms with Crippen LogP contribution in [0.4, 0.5) is 0 Å². The topological polar surface area (TPSA) is 51.6 Å². The predicted octanol–water partition coefficient (Wildman–Crippen LogP) is 18.6. The third-order valence-electron chi connectivity index (χ3n) is 14.0. The Morgan fingerprint density at radius 3 is 1.05 bits per heavy atom. The van der Waals surface area contributed by atoms with Crippen molar-refractivity contribution in [1.29, 1.82) is 0 Å². The van der Waals surface area contributed by atoms with Crippen LogP contribution < -0.4 is 0 Å². The maximum Gasteiger partial charge on any atom is 0.164 e. The van der Waals surface area contributed by atoms with Gasteiger partial charge in [0, 0.05) is 43.0 Å².